The van der Waals surface area contributed by atoms with E-state index < -0.39 is 12.1 Å². The molecule has 2 rings (SSSR count). The van der Waals surface area contributed by atoms with Crippen molar-refractivity contribution in [3.05, 3.63) is 48.0 Å². The van der Waals surface area contributed by atoms with E-state index in [4.69, 9.17) is 19.9 Å². The molecule has 2 aromatic rings. The van der Waals surface area contributed by atoms with E-state index in [1.807, 2.05) is 0 Å². The predicted octanol–water partition coefficient (Wildman–Crippen LogP) is 1.47. The van der Waals surface area contributed by atoms with Gasteiger partial charge in [-0.15, -0.1) is 0 Å². The zero-order chi connectivity index (χ0) is 21.9. The number of carbonyl (C=O) groups is 2. The number of nitrogens with two attached hydrogens (primary N) is 1. The first-order valence-electron chi connectivity index (χ1n) is 8.95. The van der Waals surface area contributed by atoms with Crippen LogP contribution in [0.2, 0.25) is 0 Å². The second-order valence-electron chi connectivity index (χ2n) is 6.13. The van der Waals surface area contributed by atoms with E-state index in [2.05, 4.69) is 15.8 Å². The summed E-state index contributed by atoms with van der Waals surface area (Å²) in [5.41, 5.74) is 8.34. The molecule has 5 N–H and O–H groups in total. The van der Waals surface area contributed by atoms with Gasteiger partial charge in [0.25, 0.3) is 0 Å². The van der Waals surface area contributed by atoms with Gasteiger partial charge in [-0.1, -0.05) is 0 Å². The van der Waals surface area contributed by atoms with E-state index in [9.17, 15) is 14.7 Å². The molecule has 30 heavy (non-hydrogen) atoms. The minimum atomic E-state index is -0.884. The van der Waals surface area contributed by atoms with Crippen LogP contribution in [0, 0.1) is 0 Å². The Kier molecular flexibility index (Phi) is 8.45. The molecule has 160 valence electrons. The third-order valence-electron chi connectivity index (χ3n) is 3.62. The number of carbonyl (C=O) groups excluding carboxylic acids is 2. The molecule has 0 unspecified atom stereocenters. The van der Waals surface area contributed by atoms with Crippen LogP contribution in [-0.4, -0.2) is 49.7 Å². The largest absolute Gasteiger partial charge is 0.493 e. The maximum atomic E-state index is 11.0. The average Bonchev–Trinajstić information content (AvgIpc) is 2.71. The molecule has 0 aliphatic carbocycles. The number of urea groups is 1. The number of rotatable bonds is 10. The van der Waals surface area contributed by atoms with Crippen LogP contribution in [0.5, 0.6) is 17.2 Å². The van der Waals surface area contributed by atoms with Crippen molar-refractivity contribution in [1.29, 1.82) is 0 Å². The van der Waals surface area contributed by atoms with Gasteiger partial charge in [-0.2, -0.15) is 5.10 Å². The van der Waals surface area contributed by atoms with Crippen molar-refractivity contribution in [2.75, 3.05) is 25.6 Å². The summed E-state index contributed by atoms with van der Waals surface area (Å²) in [6, 6.07) is 11.0. The Hall–Kier alpha value is -3.79. The number of amides is 3. The van der Waals surface area contributed by atoms with Crippen molar-refractivity contribution in [1.82, 2.24) is 5.43 Å². The van der Waals surface area contributed by atoms with Crippen LogP contribution in [0.25, 0.3) is 0 Å². The molecule has 3 amide bonds. The Labute approximate surface area is 173 Å². The number of nitrogens with one attached hydrogen (secondary N) is 2. The van der Waals surface area contributed by atoms with Crippen LogP contribution in [0.1, 0.15) is 12.5 Å². The average molecular weight is 416 g/mol. The lowest BCUT2D eigenvalue weighted by Crippen LogP contribution is -2.25. The minimum absolute atomic E-state index is 0.0169. The standard InChI is InChI=1S/C20H24N4O6/c1-13(25)23-15-4-6-17(7-5-15)29-11-16(26)12-30-18-8-3-14(9-19(18)28-2)10-22-24-20(21)27/h3-10,16,26H,11-12H2,1-2H3,(H,23,25)(H3,21,24,27)/t16-/m0/s1. The lowest BCUT2D eigenvalue weighted by Gasteiger charge is -2.15. The Morgan fingerprint density at radius 2 is 1.83 bits per heavy atom. The number of hydrogen-bond donors (Lipinski definition) is 4. The SMILES string of the molecule is COc1cc(C=NNC(N)=O)ccc1OC[C@@H](O)COc1ccc(NC(C)=O)cc1. The molecule has 0 aliphatic heterocycles. The first-order valence-corrected chi connectivity index (χ1v) is 8.95. The van der Waals surface area contributed by atoms with Crippen molar-refractivity contribution < 1.29 is 28.9 Å². The molecule has 0 fully saturated rings. The summed E-state index contributed by atoms with van der Waals surface area (Å²) in [6.07, 6.45) is 0.516. The summed E-state index contributed by atoms with van der Waals surface area (Å²) < 4.78 is 16.4. The zero-order valence-corrected chi connectivity index (χ0v) is 16.6. The predicted molar refractivity (Wildman–Crippen MR) is 111 cm³/mol. The van der Waals surface area contributed by atoms with E-state index in [1.165, 1.54) is 20.2 Å². The smallest absolute Gasteiger partial charge is 0.332 e. The molecule has 0 saturated heterocycles. The number of hydrogen-bond acceptors (Lipinski definition) is 7. The van der Waals surface area contributed by atoms with Crippen LogP contribution >= 0.6 is 0 Å². The highest BCUT2D eigenvalue weighted by Gasteiger charge is 2.10. The fraction of sp³-hybridized carbons (Fsp3) is 0.250. The molecule has 0 aliphatic rings. The third-order valence-corrected chi connectivity index (χ3v) is 3.62. The van der Waals surface area contributed by atoms with Crippen LogP contribution in [0.4, 0.5) is 10.5 Å². The molecule has 2 aromatic carbocycles. The van der Waals surface area contributed by atoms with E-state index >= 15 is 0 Å². The first-order chi connectivity index (χ1) is 14.4. The number of hydrazone groups is 1. The van der Waals surface area contributed by atoms with Gasteiger partial charge in [-0.3, -0.25) is 4.79 Å². The number of methoxy groups -OCH3 is 1. The summed E-state index contributed by atoms with van der Waals surface area (Å²) in [7, 11) is 1.48. The van der Waals surface area contributed by atoms with Gasteiger partial charge in [0.2, 0.25) is 5.91 Å². The van der Waals surface area contributed by atoms with Gasteiger partial charge in [0.1, 0.15) is 25.1 Å². The van der Waals surface area contributed by atoms with Gasteiger partial charge in [0, 0.05) is 12.6 Å². The minimum Gasteiger partial charge on any atom is -0.493 e. The molecule has 0 radical (unpaired) electrons. The molecular weight excluding hydrogens is 392 g/mol. The van der Waals surface area contributed by atoms with Crippen molar-refractivity contribution in [3.8, 4) is 17.2 Å². The number of anilines is 1. The van der Waals surface area contributed by atoms with E-state index in [1.54, 1.807) is 42.5 Å². The number of ether oxygens (including phenoxy) is 3. The quantitative estimate of drug-likeness (QED) is 0.341. The van der Waals surface area contributed by atoms with Crippen molar-refractivity contribution in [2.24, 2.45) is 10.8 Å². The summed E-state index contributed by atoms with van der Waals surface area (Å²) in [5.74, 6) is 1.25. The van der Waals surface area contributed by atoms with Gasteiger partial charge in [0.05, 0.1) is 13.3 Å². The third kappa shape index (κ3) is 7.68. The van der Waals surface area contributed by atoms with E-state index in [0.29, 0.717) is 28.5 Å². The maximum Gasteiger partial charge on any atom is 0.332 e. The number of primary amides is 1. The van der Waals surface area contributed by atoms with Crippen molar-refractivity contribution in [3.63, 3.8) is 0 Å². The molecule has 10 heteroatoms. The van der Waals surface area contributed by atoms with Crippen LogP contribution in [0.3, 0.4) is 0 Å². The van der Waals surface area contributed by atoms with Crippen LogP contribution in [-0.2, 0) is 4.79 Å². The summed E-state index contributed by atoms with van der Waals surface area (Å²) in [4.78, 5) is 21.6. The lowest BCUT2D eigenvalue weighted by atomic mass is 10.2. The Balaban J connectivity index is 1.84. The highest BCUT2D eigenvalue weighted by molar-refractivity contribution is 5.88. The monoisotopic (exact) mass is 416 g/mol. The van der Waals surface area contributed by atoms with Crippen molar-refractivity contribution in [2.45, 2.75) is 13.0 Å². The molecule has 0 heterocycles. The second kappa shape index (κ2) is 11.3. The topological polar surface area (TPSA) is 145 Å². The molecule has 1 atom stereocenters. The number of benzene rings is 2. The molecular formula is C20H24N4O6. The number of aliphatic hydroxyl groups is 1. The van der Waals surface area contributed by atoms with Gasteiger partial charge < -0.3 is 30.4 Å². The highest BCUT2D eigenvalue weighted by atomic mass is 16.5. The fourth-order valence-electron chi connectivity index (χ4n) is 2.32. The van der Waals surface area contributed by atoms with Gasteiger partial charge in [0.15, 0.2) is 11.5 Å². The normalized spacial score (nSPS) is 11.6. The Morgan fingerprint density at radius 1 is 1.13 bits per heavy atom. The van der Waals surface area contributed by atoms with Gasteiger partial charge >= 0.3 is 6.03 Å². The van der Waals surface area contributed by atoms with Gasteiger partial charge in [-0.25, -0.2) is 10.2 Å². The zero-order valence-electron chi connectivity index (χ0n) is 16.6. The van der Waals surface area contributed by atoms with E-state index in [-0.39, 0.29) is 19.1 Å². The number of aliphatic hydroxyl groups excluding tert-OH is 1. The Bertz CT molecular complexity index is 885. The number of nitrogens with zero attached hydrogens (tertiary/aromatic N) is 1. The maximum absolute atomic E-state index is 11.0. The molecule has 0 saturated carbocycles. The summed E-state index contributed by atoms with van der Waals surface area (Å²) in [6.45, 7) is 1.43. The first kappa shape index (κ1) is 22.5. The van der Waals surface area contributed by atoms with Crippen LogP contribution in [0.15, 0.2) is 47.6 Å². The fourth-order valence-corrected chi connectivity index (χ4v) is 2.32. The van der Waals surface area contributed by atoms with Crippen LogP contribution < -0.4 is 30.7 Å². The van der Waals surface area contributed by atoms with Crippen molar-refractivity contribution >= 4 is 23.8 Å². The molecule has 10 nitrogen and oxygen atoms in total. The second-order valence-corrected chi connectivity index (χ2v) is 6.13. The lowest BCUT2D eigenvalue weighted by molar-refractivity contribution is -0.114. The summed E-state index contributed by atoms with van der Waals surface area (Å²) >= 11 is 0. The van der Waals surface area contributed by atoms with E-state index in [0.717, 1.165) is 0 Å². The summed E-state index contributed by atoms with van der Waals surface area (Å²) in [5, 5.41) is 16.4. The van der Waals surface area contributed by atoms with Gasteiger partial charge in [-0.05, 0) is 48.0 Å². The molecule has 0 bridgehead atoms. The molecule has 0 spiro atoms. The Morgan fingerprint density at radius 3 is 2.47 bits per heavy atom. The highest BCUT2D eigenvalue weighted by Crippen LogP contribution is 2.27. The molecule has 0 aromatic heterocycles.